The van der Waals surface area contributed by atoms with E-state index in [0.29, 0.717) is 18.7 Å². The van der Waals surface area contributed by atoms with E-state index in [4.69, 9.17) is 4.74 Å². The van der Waals surface area contributed by atoms with Crippen LogP contribution in [0.3, 0.4) is 0 Å². The molecule has 0 bridgehead atoms. The van der Waals surface area contributed by atoms with Gasteiger partial charge in [0, 0.05) is 18.0 Å². The Morgan fingerprint density at radius 2 is 1.76 bits per heavy atom. The summed E-state index contributed by atoms with van der Waals surface area (Å²) in [6.45, 7) is 2.86. The van der Waals surface area contributed by atoms with Gasteiger partial charge in [-0.15, -0.1) is 11.8 Å². The van der Waals surface area contributed by atoms with Gasteiger partial charge >= 0.3 is 5.97 Å². The first-order valence-electron chi connectivity index (χ1n) is 8.29. The van der Waals surface area contributed by atoms with Crippen LogP contribution in [0.25, 0.3) is 0 Å². The molecule has 4 nitrogen and oxygen atoms in total. The number of nitrogens with zero attached hydrogens (tertiary/aromatic N) is 1. The fourth-order valence-electron chi connectivity index (χ4n) is 3.03. The van der Waals surface area contributed by atoms with Gasteiger partial charge in [-0.05, 0) is 42.9 Å². The number of hydrogen-bond donors (Lipinski definition) is 0. The average Bonchev–Trinajstić information content (AvgIpc) is 2.66. The van der Waals surface area contributed by atoms with E-state index < -0.39 is 12.1 Å². The van der Waals surface area contributed by atoms with Gasteiger partial charge in [0.15, 0.2) is 6.10 Å². The van der Waals surface area contributed by atoms with E-state index in [1.165, 1.54) is 17.3 Å². The van der Waals surface area contributed by atoms with E-state index in [-0.39, 0.29) is 5.91 Å². The molecule has 0 N–H and O–H groups in total. The maximum absolute atomic E-state index is 12.7. The van der Waals surface area contributed by atoms with Gasteiger partial charge in [-0.25, -0.2) is 4.79 Å². The lowest BCUT2D eigenvalue weighted by Crippen LogP contribution is -2.42. The van der Waals surface area contributed by atoms with Gasteiger partial charge in [0.25, 0.3) is 5.91 Å². The fourth-order valence-corrected chi connectivity index (χ4v) is 3.61. The number of fused-ring (bicyclic) bond motifs is 1. The molecular formula is C20H21NO3S. The highest BCUT2D eigenvalue weighted by Gasteiger charge is 2.27. The summed E-state index contributed by atoms with van der Waals surface area (Å²) in [4.78, 5) is 27.7. The summed E-state index contributed by atoms with van der Waals surface area (Å²) in [6.07, 6.45) is 1.94. The van der Waals surface area contributed by atoms with Crippen LogP contribution in [0.4, 0.5) is 0 Å². The van der Waals surface area contributed by atoms with Gasteiger partial charge in [0.2, 0.25) is 0 Å². The van der Waals surface area contributed by atoms with Crippen LogP contribution in [0.2, 0.25) is 0 Å². The van der Waals surface area contributed by atoms with Crippen LogP contribution in [0.5, 0.6) is 0 Å². The van der Waals surface area contributed by atoms with Crippen molar-refractivity contribution in [3.05, 3.63) is 65.2 Å². The first kappa shape index (κ1) is 17.5. The van der Waals surface area contributed by atoms with E-state index >= 15 is 0 Å². The predicted molar refractivity (Wildman–Crippen MR) is 98.7 cm³/mol. The van der Waals surface area contributed by atoms with Crippen molar-refractivity contribution in [1.82, 2.24) is 4.90 Å². The number of carbonyl (C=O) groups is 2. The molecule has 0 fully saturated rings. The Kier molecular flexibility index (Phi) is 5.43. The molecule has 0 saturated heterocycles. The highest BCUT2D eigenvalue weighted by atomic mass is 32.2. The van der Waals surface area contributed by atoms with Gasteiger partial charge in [0.1, 0.15) is 0 Å². The smallest absolute Gasteiger partial charge is 0.340 e. The lowest BCUT2D eigenvalue weighted by Gasteiger charge is -2.30. The van der Waals surface area contributed by atoms with E-state index in [9.17, 15) is 9.59 Å². The summed E-state index contributed by atoms with van der Waals surface area (Å²) in [5.74, 6) is -0.604. The zero-order valence-electron chi connectivity index (χ0n) is 14.4. The van der Waals surface area contributed by atoms with Gasteiger partial charge in [0.05, 0.1) is 5.56 Å². The third kappa shape index (κ3) is 3.87. The van der Waals surface area contributed by atoms with Gasteiger partial charge in [-0.3, -0.25) is 4.79 Å². The number of esters is 1. The van der Waals surface area contributed by atoms with Crippen molar-refractivity contribution in [2.45, 2.75) is 30.9 Å². The van der Waals surface area contributed by atoms with Crippen molar-refractivity contribution in [2.75, 3.05) is 12.8 Å². The number of benzene rings is 2. The molecule has 1 aliphatic rings. The zero-order valence-corrected chi connectivity index (χ0v) is 15.2. The maximum atomic E-state index is 12.7. The Hall–Kier alpha value is -2.27. The number of hydrogen-bond acceptors (Lipinski definition) is 4. The molecule has 25 heavy (non-hydrogen) atoms. The Balaban J connectivity index is 1.66. The minimum Gasteiger partial charge on any atom is -0.449 e. The molecule has 2 aromatic rings. The molecule has 5 heteroatoms. The average molecular weight is 355 g/mol. The number of carbonyl (C=O) groups excluding carboxylic acids is 2. The molecule has 1 heterocycles. The Morgan fingerprint density at radius 1 is 1.08 bits per heavy atom. The second-order valence-electron chi connectivity index (χ2n) is 6.03. The topological polar surface area (TPSA) is 46.6 Å². The second-order valence-corrected chi connectivity index (χ2v) is 6.87. The number of thioether (sulfide) groups is 1. The van der Waals surface area contributed by atoms with Crippen LogP contribution in [0, 0.1) is 0 Å². The monoisotopic (exact) mass is 355 g/mol. The van der Waals surface area contributed by atoms with Crippen molar-refractivity contribution in [2.24, 2.45) is 0 Å². The molecule has 0 aliphatic carbocycles. The summed E-state index contributed by atoms with van der Waals surface area (Å²) in [7, 11) is 0. The molecule has 130 valence electrons. The molecule has 0 spiro atoms. The third-order valence-electron chi connectivity index (χ3n) is 4.40. The van der Waals surface area contributed by atoms with Crippen LogP contribution >= 0.6 is 11.8 Å². The largest absolute Gasteiger partial charge is 0.449 e. The molecular weight excluding hydrogens is 334 g/mol. The Bertz CT molecular complexity index is 790. The molecule has 0 radical (unpaired) electrons. The van der Waals surface area contributed by atoms with Crippen LogP contribution < -0.4 is 0 Å². The minimum atomic E-state index is -0.798. The summed E-state index contributed by atoms with van der Waals surface area (Å²) in [5.41, 5.74) is 2.94. The van der Waals surface area contributed by atoms with E-state index in [1.807, 2.05) is 36.6 Å². The second kappa shape index (κ2) is 7.74. The van der Waals surface area contributed by atoms with Gasteiger partial charge in [-0.1, -0.05) is 36.4 Å². The normalized spacial score (nSPS) is 14.6. The lowest BCUT2D eigenvalue weighted by molar-refractivity contribution is -0.140. The quantitative estimate of drug-likeness (QED) is 0.622. The molecule has 2 aromatic carbocycles. The van der Waals surface area contributed by atoms with E-state index in [2.05, 4.69) is 6.07 Å². The molecule has 0 unspecified atom stereocenters. The van der Waals surface area contributed by atoms with Crippen LogP contribution in [0.15, 0.2) is 53.4 Å². The molecule has 0 saturated carbocycles. The van der Waals surface area contributed by atoms with Crippen molar-refractivity contribution >= 4 is 23.6 Å². The predicted octanol–water partition coefficient (Wildman–Crippen LogP) is 3.54. The highest BCUT2D eigenvalue weighted by molar-refractivity contribution is 7.98. The van der Waals surface area contributed by atoms with Crippen molar-refractivity contribution in [3.63, 3.8) is 0 Å². The van der Waals surface area contributed by atoms with Crippen LogP contribution in [-0.2, 0) is 22.5 Å². The molecule has 1 atom stereocenters. The Morgan fingerprint density at radius 3 is 2.52 bits per heavy atom. The lowest BCUT2D eigenvalue weighted by atomic mass is 9.99. The maximum Gasteiger partial charge on any atom is 0.340 e. The standard InChI is InChI=1S/C20H21NO3S/c1-14(24-20(23)17-9-5-6-10-18(17)25-2)19(22)21-12-11-15-7-3-4-8-16(15)13-21/h3-10,14H,11-13H2,1-2H3/t14-/m0/s1. The fraction of sp³-hybridized carbons (Fsp3) is 0.300. The van der Waals surface area contributed by atoms with Crippen LogP contribution in [0.1, 0.15) is 28.4 Å². The number of amides is 1. The van der Waals surface area contributed by atoms with Crippen molar-refractivity contribution in [3.8, 4) is 0 Å². The van der Waals surface area contributed by atoms with E-state index in [1.54, 1.807) is 24.0 Å². The van der Waals surface area contributed by atoms with Crippen LogP contribution in [-0.4, -0.2) is 35.7 Å². The summed E-state index contributed by atoms with van der Waals surface area (Å²) >= 11 is 1.48. The highest BCUT2D eigenvalue weighted by Crippen LogP contribution is 2.22. The number of ether oxygens (including phenoxy) is 1. The Labute approximate surface area is 152 Å². The van der Waals surface area contributed by atoms with Crippen molar-refractivity contribution < 1.29 is 14.3 Å². The first-order valence-corrected chi connectivity index (χ1v) is 9.52. The molecule has 3 rings (SSSR count). The molecule has 1 aliphatic heterocycles. The van der Waals surface area contributed by atoms with E-state index in [0.717, 1.165) is 16.9 Å². The van der Waals surface area contributed by atoms with Crippen molar-refractivity contribution in [1.29, 1.82) is 0 Å². The summed E-state index contributed by atoms with van der Waals surface area (Å²) in [5, 5.41) is 0. The number of rotatable bonds is 4. The first-order chi connectivity index (χ1) is 12.1. The zero-order chi connectivity index (χ0) is 17.8. The molecule has 0 aromatic heterocycles. The third-order valence-corrected chi connectivity index (χ3v) is 5.20. The SMILES string of the molecule is CSc1ccccc1C(=O)O[C@@H](C)C(=O)N1CCc2ccccc2C1. The summed E-state index contributed by atoms with van der Waals surface area (Å²) in [6, 6.07) is 15.4. The molecule has 1 amide bonds. The minimum absolute atomic E-state index is 0.149. The summed E-state index contributed by atoms with van der Waals surface area (Å²) < 4.78 is 5.44. The van der Waals surface area contributed by atoms with Gasteiger partial charge in [-0.2, -0.15) is 0 Å². The van der Waals surface area contributed by atoms with Gasteiger partial charge < -0.3 is 9.64 Å².